The molecule has 3 rings (SSSR count). The van der Waals surface area contributed by atoms with E-state index in [0.29, 0.717) is 11.9 Å². The number of hydrogen-bond donors (Lipinski definition) is 1. The van der Waals surface area contributed by atoms with Gasteiger partial charge in [0.25, 0.3) is 0 Å². The summed E-state index contributed by atoms with van der Waals surface area (Å²) in [6.45, 7) is 4.55. The molecule has 3 fully saturated rings. The van der Waals surface area contributed by atoms with Crippen LogP contribution in [0.3, 0.4) is 0 Å². The lowest BCUT2D eigenvalue weighted by molar-refractivity contribution is -0.125. The number of rotatable bonds is 2. The minimum absolute atomic E-state index is 0.288. The standard InChI is InChI=1S/C13H22N2O/c1-9-3-2-4-11(5-9)14-13(16)10-6-12-8-15(12)7-10/h9-12H,2-8H2,1H3,(H,14,16)/t9-,10?,11+,12?,15?/m0/s1. The van der Waals surface area contributed by atoms with Crippen molar-refractivity contribution in [1.82, 2.24) is 10.2 Å². The number of hydrogen-bond acceptors (Lipinski definition) is 2. The molecule has 2 heterocycles. The molecule has 0 radical (unpaired) electrons. The topological polar surface area (TPSA) is 32.1 Å². The number of amides is 1. The molecule has 1 N–H and O–H groups in total. The van der Waals surface area contributed by atoms with Gasteiger partial charge in [-0.25, -0.2) is 0 Å². The monoisotopic (exact) mass is 222 g/mol. The molecule has 3 nitrogen and oxygen atoms in total. The van der Waals surface area contributed by atoms with Crippen molar-refractivity contribution in [2.75, 3.05) is 13.1 Å². The highest BCUT2D eigenvalue weighted by molar-refractivity contribution is 5.79. The van der Waals surface area contributed by atoms with Crippen LogP contribution < -0.4 is 5.32 Å². The minimum Gasteiger partial charge on any atom is -0.353 e. The summed E-state index contributed by atoms with van der Waals surface area (Å²) in [5.41, 5.74) is 0. The highest BCUT2D eigenvalue weighted by Gasteiger charge is 2.46. The predicted molar refractivity (Wildman–Crippen MR) is 63.0 cm³/mol. The number of nitrogens with one attached hydrogen (secondary N) is 1. The zero-order chi connectivity index (χ0) is 11.1. The Hall–Kier alpha value is -0.570. The van der Waals surface area contributed by atoms with Gasteiger partial charge in [0, 0.05) is 25.2 Å². The first-order chi connectivity index (χ1) is 7.72. The van der Waals surface area contributed by atoms with Crippen LogP contribution in [0, 0.1) is 11.8 Å². The summed E-state index contributed by atoms with van der Waals surface area (Å²) < 4.78 is 0. The summed E-state index contributed by atoms with van der Waals surface area (Å²) >= 11 is 0. The van der Waals surface area contributed by atoms with Crippen LogP contribution in [0.2, 0.25) is 0 Å². The van der Waals surface area contributed by atoms with E-state index in [1.807, 2.05) is 0 Å². The average molecular weight is 222 g/mol. The van der Waals surface area contributed by atoms with Crippen molar-refractivity contribution in [3.8, 4) is 0 Å². The third-order valence-corrected chi connectivity index (χ3v) is 4.49. The maximum atomic E-state index is 12.0. The zero-order valence-corrected chi connectivity index (χ0v) is 10.1. The number of carbonyl (C=O) groups excluding carboxylic acids is 1. The van der Waals surface area contributed by atoms with Crippen LogP contribution in [0.1, 0.15) is 39.0 Å². The molecular formula is C13H22N2O. The van der Waals surface area contributed by atoms with Gasteiger partial charge < -0.3 is 5.32 Å². The summed E-state index contributed by atoms with van der Waals surface area (Å²) in [7, 11) is 0. The quantitative estimate of drug-likeness (QED) is 0.716. The van der Waals surface area contributed by atoms with Gasteiger partial charge in [-0.15, -0.1) is 0 Å². The first kappa shape index (κ1) is 10.6. The normalized spacial score (nSPS) is 46.2. The third-order valence-electron chi connectivity index (χ3n) is 4.49. The summed E-state index contributed by atoms with van der Waals surface area (Å²) in [6, 6.07) is 1.21. The molecule has 0 bridgehead atoms. The molecule has 16 heavy (non-hydrogen) atoms. The Balaban J connectivity index is 1.48. The Labute approximate surface area is 97.6 Å². The number of fused-ring (bicyclic) bond motifs is 1. The van der Waals surface area contributed by atoms with Gasteiger partial charge in [0.15, 0.2) is 0 Å². The van der Waals surface area contributed by atoms with Crippen LogP contribution in [0.5, 0.6) is 0 Å². The molecule has 2 aliphatic heterocycles. The predicted octanol–water partition coefficient (Wildman–Crippen LogP) is 1.39. The molecule has 3 heteroatoms. The third kappa shape index (κ3) is 2.10. The lowest BCUT2D eigenvalue weighted by Gasteiger charge is -2.28. The maximum Gasteiger partial charge on any atom is 0.224 e. The van der Waals surface area contributed by atoms with E-state index in [9.17, 15) is 4.79 Å². The fourth-order valence-corrected chi connectivity index (χ4v) is 3.43. The average Bonchev–Trinajstić information content (AvgIpc) is 2.86. The van der Waals surface area contributed by atoms with E-state index in [0.717, 1.165) is 24.9 Å². The van der Waals surface area contributed by atoms with Crippen molar-refractivity contribution in [2.24, 2.45) is 11.8 Å². The molecule has 0 spiro atoms. The van der Waals surface area contributed by atoms with Gasteiger partial charge in [0.05, 0.1) is 5.92 Å². The van der Waals surface area contributed by atoms with Gasteiger partial charge in [-0.3, -0.25) is 9.69 Å². The minimum atomic E-state index is 0.288. The molecule has 0 aromatic rings. The van der Waals surface area contributed by atoms with Crippen LogP contribution in [0.15, 0.2) is 0 Å². The molecule has 5 atom stereocenters. The molecule has 90 valence electrons. The molecular weight excluding hydrogens is 200 g/mol. The number of piperidine rings is 1. The van der Waals surface area contributed by atoms with Crippen LogP contribution in [0.4, 0.5) is 0 Å². The molecule has 1 amide bonds. The first-order valence-corrected chi connectivity index (χ1v) is 6.77. The van der Waals surface area contributed by atoms with Gasteiger partial charge in [-0.1, -0.05) is 19.8 Å². The van der Waals surface area contributed by atoms with Crippen molar-refractivity contribution >= 4 is 5.91 Å². The second kappa shape index (κ2) is 4.02. The second-order valence-corrected chi connectivity index (χ2v) is 6.02. The van der Waals surface area contributed by atoms with Crippen molar-refractivity contribution in [2.45, 2.75) is 51.1 Å². The van der Waals surface area contributed by atoms with Crippen LogP contribution >= 0.6 is 0 Å². The molecule has 0 aromatic heterocycles. The Morgan fingerprint density at radius 2 is 2.12 bits per heavy atom. The molecule has 2 saturated heterocycles. The van der Waals surface area contributed by atoms with Crippen LogP contribution in [0.25, 0.3) is 0 Å². The molecule has 0 aromatic carbocycles. The Bertz CT molecular complexity index is 282. The second-order valence-electron chi connectivity index (χ2n) is 6.02. The molecule has 3 unspecified atom stereocenters. The van der Waals surface area contributed by atoms with Gasteiger partial charge in [-0.2, -0.15) is 0 Å². The first-order valence-electron chi connectivity index (χ1n) is 6.77. The van der Waals surface area contributed by atoms with Crippen LogP contribution in [-0.2, 0) is 4.79 Å². The fourth-order valence-electron chi connectivity index (χ4n) is 3.43. The molecule has 1 saturated carbocycles. The van der Waals surface area contributed by atoms with E-state index in [4.69, 9.17) is 0 Å². The molecule has 1 aliphatic carbocycles. The van der Waals surface area contributed by atoms with E-state index in [2.05, 4.69) is 17.1 Å². The van der Waals surface area contributed by atoms with Crippen molar-refractivity contribution in [1.29, 1.82) is 0 Å². The van der Waals surface area contributed by atoms with Crippen LogP contribution in [-0.4, -0.2) is 36.0 Å². The van der Waals surface area contributed by atoms with E-state index in [1.165, 1.54) is 32.2 Å². The van der Waals surface area contributed by atoms with E-state index < -0.39 is 0 Å². The largest absolute Gasteiger partial charge is 0.353 e. The Morgan fingerprint density at radius 1 is 1.25 bits per heavy atom. The van der Waals surface area contributed by atoms with Crippen molar-refractivity contribution in [3.63, 3.8) is 0 Å². The molecule has 3 aliphatic rings. The number of nitrogens with zero attached hydrogens (tertiary/aromatic N) is 1. The van der Waals surface area contributed by atoms with Gasteiger partial charge in [-0.05, 0) is 25.2 Å². The maximum absolute atomic E-state index is 12.0. The van der Waals surface area contributed by atoms with Gasteiger partial charge in [0.1, 0.15) is 0 Å². The summed E-state index contributed by atoms with van der Waals surface area (Å²) in [5, 5.41) is 3.27. The zero-order valence-electron chi connectivity index (χ0n) is 10.1. The number of carbonyl (C=O) groups is 1. The smallest absolute Gasteiger partial charge is 0.224 e. The highest BCUT2D eigenvalue weighted by atomic mass is 16.2. The van der Waals surface area contributed by atoms with E-state index in [1.54, 1.807) is 0 Å². The van der Waals surface area contributed by atoms with Gasteiger partial charge >= 0.3 is 0 Å². The summed E-state index contributed by atoms with van der Waals surface area (Å²) in [4.78, 5) is 14.5. The summed E-state index contributed by atoms with van der Waals surface area (Å²) in [5.74, 6) is 1.40. The lowest BCUT2D eigenvalue weighted by Crippen LogP contribution is -2.42. The van der Waals surface area contributed by atoms with Crippen molar-refractivity contribution in [3.05, 3.63) is 0 Å². The van der Waals surface area contributed by atoms with Crippen molar-refractivity contribution < 1.29 is 4.79 Å². The Kier molecular flexibility index (Phi) is 2.66. The lowest BCUT2D eigenvalue weighted by atomic mass is 9.87. The highest BCUT2D eigenvalue weighted by Crippen LogP contribution is 2.34. The Morgan fingerprint density at radius 3 is 2.81 bits per heavy atom. The fraction of sp³-hybridized carbons (Fsp3) is 0.923. The SMILES string of the molecule is C[C@H]1CCC[C@@H](NC(=O)C2CC3CN3C2)C1. The van der Waals surface area contributed by atoms with Gasteiger partial charge in [0.2, 0.25) is 5.91 Å². The van der Waals surface area contributed by atoms with E-state index >= 15 is 0 Å². The van der Waals surface area contributed by atoms with E-state index in [-0.39, 0.29) is 5.92 Å². The summed E-state index contributed by atoms with van der Waals surface area (Å²) in [6.07, 6.45) is 6.10.